The second-order valence-corrected chi connectivity index (χ2v) is 6.27. The van der Waals surface area contributed by atoms with E-state index in [4.69, 9.17) is 10.5 Å². The van der Waals surface area contributed by atoms with E-state index >= 15 is 0 Å². The largest absolute Gasteiger partial charge is 0.366 e. The molecule has 0 saturated carbocycles. The maximum absolute atomic E-state index is 12.4. The highest BCUT2D eigenvalue weighted by Gasteiger charge is 2.34. The average Bonchev–Trinajstić information content (AvgIpc) is 2.83. The lowest BCUT2D eigenvalue weighted by Gasteiger charge is -2.36. The third kappa shape index (κ3) is 4.81. The lowest BCUT2D eigenvalue weighted by Crippen LogP contribution is -2.53. The molecule has 1 aliphatic heterocycles. The maximum atomic E-state index is 12.4. The minimum atomic E-state index is -0.518. The predicted molar refractivity (Wildman–Crippen MR) is 88.3 cm³/mol. The number of aromatic nitrogens is 3. The fourth-order valence-electron chi connectivity index (χ4n) is 2.08. The standard InChI is InChI=1S/C13H23N5O2.2ClH/c1-8-15-11(17-16-8)9-7-18(5-6-20-9)12(19)10(14)13(2,3)4;;/h9-10H,5-7,14H2,1-4H3,(H,15,16,17);2*1H/t9?,10-;;/m1../s1. The van der Waals surface area contributed by atoms with Crippen molar-refractivity contribution in [3.8, 4) is 0 Å². The van der Waals surface area contributed by atoms with Crippen LogP contribution in [0.5, 0.6) is 0 Å². The Morgan fingerprint density at radius 2 is 2.09 bits per heavy atom. The van der Waals surface area contributed by atoms with Crippen LogP contribution in [0.4, 0.5) is 0 Å². The molecule has 128 valence electrons. The van der Waals surface area contributed by atoms with E-state index in [0.717, 1.165) is 5.82 Å². The summed E-state index contributed by atoms with van der Waals surface area (Å²) in [6.07, 6.45) is -0.287. The lowest BCUT2D eigenvalue weighted by molar-refractivity contribution is -0.143. The molecule has 0 aliphatic carbocycles. The van der Waals surface area contributed by atoms with E-state index in [-0.39, 0.29) is 42.2 Å². The molecule has 22 heavy (non-hydrogen) atoms. The van der Waals surface area contributed by atoms with Crippen molar-refractivity contribution in [3.05, 3.63) is 11.6 Å². The van der Waals surface area contributed by atoms with Crippen molar-refractivity contribution in [2.75, 3.05) is 19.7 Å². The van der Waals surface area contributed by atoms with Crippen molar-refractivity contribution in [1.82, 2.24) is 20.1 Å². The highest BCUT2D eigenvalue weighted by atomic mass is 35.5. The number of ether oxygens (including phenoxy) is 1. The van der Waals surface area contributed by atoms with Gasteiger partial charge in [-0.2, -0.15) is 5.10 Å². The van der Waals surface area contributed by atoms with Crippen LogP contribution in [0.1, 0.15) is 38.5 Å². The summed E-state index contributed by atoms with van der Waals surface area (Å²) in [7, 11) is 0. The third-order valence-corrected chi connectivity index (χ3v) is 3.48. The van der Waals surface area contributed by atoms with Crippen LogP contribution in [0.15, 0.2) is 0 Å². The number of aromatic amines is 1. The normalized spacial score (nSPS) is 19.9. The summed E-state index contributed by atoms with van der Waals surface area (Å²) in [5, 5.41) is 6.88. The summed E-state index contributed by atoms with van der Waals surface area (Å²) in [4.78, 5) is 18.4. The SMILES string of the molecule is Cc1nc(C2CN(C(=O)[C@@H](N)C(C)(C)C)CCO2)n[nH]1.Cl.Cl. The molecule has 0 aromatic carbocycles. The lowest BCUT2D eigenvalue weighted by atomic mass is 9.86. The first-order valence-electron chi connectivity index (χ1n) is 6.84. The van der Waals surface area contributed by atoms with Gasteiger partial charge in [-0.05, 0) is 12.3 Å². The number of hydrogen-bond donors (Lipinski definition) is 2. The summed E-state index contributed by atoms with van der Waals surface area (Å²) >= 11 is 0. The Balaban J connectivity index is 0.00000220. The van der Waals surface area contributed by atoms with E-state index in [1.54, 1.807) is 4.90 Å². The van der Waals surface area contributed by atoms with Crippen molar-refractivity contribution in [1.29, 1.82) is 0 Å². The molecule has 1 aliphatic rings. The Labute approximate surface area is 143 Å². The summed E-state index contributed by atoms with van der Waals surface area (Å²) in [5.74, 6) is 1.28. The summed E-state index contributed by atoms with van der Waals surface area (Å²) < 4.78 is 5.64. The number of carbonyl (C=O) groups is 1. The molecule has 1 aromatic rings. The number of halogens is 2. The Morgan fingerprint density at radius 3 is 2.59 bits per heavy atom. The Bertz CT molecular complexity index is 489. The predicted octanol–water partition coefficient (Wildman–Crippen LogP) is 1.23. The van der Waals surface area contributed by atoms with E-state index in [1.807, 2.05) is 27.7 Å². The highest BCUT2D eigenvalue weighted by molar-refractivity contribution is 5.85. The van der Waals surface area contributed by atoms with Crippen LogP contribution in [0, 0.1) is 12.3 Å². The molecule has 7 nitrogen and oxygen atoms in total. The van der Waals surface area contributed by atoms with Gasteiger partial charge in [0.15, 0.2) is 5.82 Å². The maximum Gasteiger partial charge on any atom is 0.240 e. The van der Waals surface area contributed by atoms with E-state index in [0.29, 0.717) is 25.5 Å². The van der Waals surface area contributed by atoms with Crippen LogP contribution in [0.3, 0.4) is 0 Å². The van der Waals surface area contributed by atoms with E-state index < -0.39 is 6.04 Å². The topological polar surface area (TPSA) is 97.1 Å². The number of nitrogens with zero attached hydrogens (tertiary/aromatic N) is 3. The second kappa shape index (κ2) is 8.10. The number of amides is 1. The first-order valence-corrected chi connectivity index (χ1v) is 6.84. The number of nitrogens with two attached hydrogens (primary N) is 1. The van der Waals surface area contributed by atoms with Gasteiger partial charge in [0, 0.05) is 6.54 Å². The van der Waals surface area contributed by atoms with Gasteiger partial charge in [0.2, 0.25) is 5.91 Å². The Kier molecular flexibility index (Phi) is 7.77. The first-order chi connectivity index (χ1) is 9.29. The molecule has 2 rings (SSSR count). The van der Waals surface area contributed by atoms with Crippen LogP contribution in [0.25, 0.3) is 0 Å². The van der Waals surface area contributed by atoms with Gasteiger partial charge < -0.3 is 15.4 Å². The van der Waals surface area contributed by atoms with Crippen molar-refractivity contribution in [2.24, 2.45) is 11.1 Å². The quantitative estimate of drug-likeness (QED) is 0.833. The fourth-order valence-corrected chi connectivity index (χ4v) is 2.08. The molecule has 1 unspecified atom stereocenters. The fraction of sp³-hybridized carbons (Fsp3) is 0.769. The molecule has 1 fully saturated rings. The van der Waals surface area contributed by atoms with Crippen LogP contribution in [-0.2, 0) is 9.53 Å². The average molecular weight is 354 g/mol. The molecule has 3 N–H and O–H groups in total. The van der Waals surface area contributed by atoms with Crippen LogP contribution >= 0.6 is 24.8 Å². The molecule has 2 heterocycles. The highest BCUT2D eigenvalue weighted by Crippen LogP contribution is 2.23. The second-order valence-electron chi connectivity index (χ2n) is 6.27. The van der Waals surface area contributed by atoms with E-state index in [9.17, 15) is 4.79 Å². The van der Waals surface area contributed by atoms with Gasteiger partial charge in [0.25, 0.3) is 0 Å². The molecule has 0 bridgehead atoms. The van der Waals surface area contributed by atoms with Crippen LogP contribution < -0.4 is 5.73 Å². The number of H-pyrrole nitrogens is 1. The zero-order valence-electron chi connectivity index (χ0n) is 13.3. The van der Waals surface area contributed by atoms with Gasteiger partial charge in [0.1, 0.15) is 11.9 Å². The van der Waals surface area contributed by atoms with Crippen LogP contribution in [-0.4, -0.2) is 51.7 Å². The van der Waals surface area contributed by atoms with Crippen molar-refractivity contribution >= 4 is 30.7 Å². The zero-order chi connectivity index (χ0) is 14.9. The number of aryl methyl sites for hydroxylation is 1. The van der Waals surface area contributed by atoms with Gasteiger partial charge in [-0.25, -0.2) is 4.98 Å². The molecule has 1 amide bonds. The van der Waals surface area contributed by atoms with Gasteiger partial charge in [-0.1, -0.05) is 20.8 Å². The number of nitrogens with one attached hydrogen (secondary N) is 1. The van der Waals surface area contributed by atoms with Crippen molar-refractivity contribution in [3.63, 3.8) is 0 Å². The molecule has 0 radical (unpaired) electrons. The molecule has 1 aromatic heterocycles. The van der Waals surface area contributed by atoms with Crippen molar-refractivity contribution < 1.29 is 9.53 Å². The monoisotopic (exact) mass is 353 g/mol. The molecule has 1 saturated heterocycles. The number of rotatable bonds is 2. The van der Waals surface area contributed by atoms with Gasteiger partial charge in [0.05, 0.1) is 19.2 Å². The number of hydrogen-bond acceptors (Lipinski definition) is 5. The molecule has 2 atom stereocenters. The molecular formula is C13H25Cl2N5O2. The van der Waals surface area contributed by atoms with E-state index in [1.165, 1.54) is 0 Å². The number of carbonyl (C=O) groups excluding carboxylic acids is 1. The molecule has 0 spiro atoms. The first kappa shape index (κ1) is 21.1. The Morgan fingerprint density at radius 1 is 1.45 bits per heavy atom. The van der Waals surface area contributed by atoms with E-state index in [2.05, 4.69) is 15.2 Å². The molecule has 9 heteroatoms. The van der Waals surface area contributed by atoms with Crippen LogP contribution in [0.2, 0.25) is 0 Å². The summed E-state index contributed by atoms with van der Waals surface area (Å²) in [6.45, 7) is 9.20. The number of morpholine rings is 1. The molecular weight excluding hydrogens is 329 g/mol. The van der Waals surface area contributed by atoms with Gasteiger partial charge in [-0.15, -0.1) is 24.8 Å². The third-order valence-electron chi connectivity index (χ3n) is 3.48. The summed E-state index contributed by atoms with van der Waals surface area (Å²) in [5.41, 5.74) is 5.79. The van der Waals surface area contributed by atoms with Gasteiger partial charge >= 0.3 is 0 Å². The minimum absolute atomic E-state index is 0. The smallest absolute Gasteiger partial charge is 0.240 e. The van der Waals surface area contributed by atoms with Crippen molar-refractivity contribution in [2.45, 2.75) is 39.8 Å². The summed E-state index contributed by atoms with van der Waals surface area (Å²) in [6, 6.07) is -0.518. The Hall–Kier alpha value is -0.890. The van der Waals surface area contributed by atoms with Gasteiger partial charge in [-0.3, -0.25) is 9.89 Å². The zero-order valence-corrected chi connectivity index (χ0v) is 15.0. The minimum Gasteiger partial charge on any atom is -0.366 e.